The molecule has 0 saturated carbocycles. The minimum atomic E-state index is -0.198. The lowest BCUT2D eigenvalue weighted by Gasteiger charge is -2.14. The highest BCUT2D eigenvalue weighted by atomic mass is 32.1. The normalized spacial score (nSPS) is 10.1. The highest BCUT2D eigenvalue weighted by Crippen LogP contribution is 2.38. The van der Waals surface area contributed by atoms with E-state index in [0.717, 1.165) is 5.01 Å². The van der Waals surface area contributed by atoms with Crippen molar-refractivity contribution in [1.29, 1.82) is 0 Å². The summed E-state index contributed by atoms with van der Waals surface area (Å²) in [5, 5.41) is 5.76. The Morgan fingerprint density at radius 3 is 2.36 bits per heavy atom. The fourth-order valence-corrected chi connectivity index (χ4v) is 2.59. The third-order valence-corrected chi connectivity index (χ3v) is 3.87. The Kier molecular flexibility index (Phi) is 5.60. The van der Waals surface area contributed by atoms with E-state index in [1.807, 2.05) is 5.38 Å². The molecule has 1 aromatic carbocycles. The Bertz CT molecular complexity index is 603. The summed E-state index contributed by atoms with van der Waals surface area (Å²) < 4.78 is 15.7. The maximum absolute atomic E-state index is 12.2. The molecule has 0 atom stereocenters. The van der Waals surface area contributed by atoms with Crippen molar-refractivity contribution in [2.45, 2.75) is 6.42 Å². The van der Waals surface area contributed by atoms with Crippen LogP contribution >= 0.6 is 11.3 Å². The van der Waals surface area contributed by atoms with E-state index in [2.05, 4.69) is 10.3 Å². The van der Waals surface area contributed by atoms with Crippen molar-refractivity contribution in [3.8, 4) is 17.2 Å². The van der Waals surface area contributed by atoms with Crippen molar-refractivity contribution in [2.24, 2.45) is 0 Å². The smallest absolute Gasteiger partial charge is 0.251 e. The molecule has 118 valence electrons. The van der Waals surface area contributed by atoms with Gasteiger partial charge in [-0.15, -0.1) is 11.3 Å². The first-order valence-electron chi connectivity index (χ1n) is 6.66. The molecule has 0 saturated heterocycles. The number of carbonyl (C=O) groups is 1. The summed E-state index contributed by atoms with van der Waals surface area (Å²) in [5.41, 5.74) is 0.452. The number of rotatable bonds is 7. The Hall–Kier alpha value is -2.28. The van der Waals surface area contributed by atoms with Gasteiger partial charge in [-0.05, 0) is 12.1 Å². The average molecular weight is 322 g/mol. The second-order valence-electron chi connectivity index (χ2n) is 4.35. The number of nitrogens with zero attached hydrogens (tertiary/aromatic N) is 1. The molecule has 6 nitrogen and oxygen atoms in total. The van der Waals surface area contributed by atoms with Gasteiger partial charge in [-0.3, -0.25) is 4.79 Å². The largest absolute Gasteiger partial charge is 0.493 e. The molecule has 1 aromatic heterocycles. The van der Waals surface area contributed by atoms with Crippen LogP contribution in [0.4, 0.5) is 0 Å². The standard InChI is InChI=1S/C15H18N2O4S/c1-19-11-8-10(9-12(20-2)14(11)21-3)15(18)17-5-4-13-16-6-7-22-13/h6-9H,4-5H2,1-3H3,(H,17,18). The number of hydrogen-bond donors (Lipinski definition) is 1. The second kappa shape index (κ2) is 7.65. The summed E-state index contributed by atoms with van der Waals surface area (Å²) >= 11 is 1.57. The first kappa shape index (κ1) is 16.1. The van der Waals surface area contributed by atoms with Crippen molar-refractivity contribution < 1.29 is 19.0 Å². The summed E-state index contributed by atoms with van der Waals surface area (Å²) in [6.45, 7) is 0.517. The highest BCUT2D eigenvalue weighted by molar-refractivity contribution is 7.09. The predicted octanol–water partition coefficient (Wildman–Crippen LogP) is 2.14. The lowest BCUT2D eigenvalue weighted by Crippen LogP contribution is -2.25. The molecule has 0 bridgehead atoms. The van der Waals surface area contributed by atoms with Crippen LogP contribution in [0.1, 0.15) is 15.4 Å². The van der Waals surface area contributed by atoms with Crippen LogP contribution < -0.4 is 19.5 Å². The van der Waals surface area contributed by atoms with Crippen molar-refractivity contribution in [1.82, 2.24) is 10.3 Å². The van der Waals surface area contributed by atoms with Crippen LogP contribution in [-0.2, 0) is 6.42 Å². The first-order chi connectivity index (χ1) is 10.7. The van der Waals surface area contributed by atoms with Crippen LogP contribution in [0.3, 0.4) is 0 Å². The van der Waals surface area contributed by atoms with Crippen molar-refractivity contribution in [3.63, 3.8) is 0 Å². The van der Waals surface area contributed by atoms with Gasteiger partial charge < -0.3 is 19.5 Å². The minimum absolute atomic E-state index is 0.198. The molecule has 0 aliphatic rings. The van der Waals surface area contributed by atoms with Crippen LogP contribution in [-0.4, -0.2) is 38.8 Å². The third kappa shape index (κ3) is 3.67. The minimum Gasteiger partial charge on any atom is -0.493 e. The van der Waals surface area contributed by atoms with Gasteiger partial charge in [0.2, 0.25) is 5.75 Å². The number of methoxy groups -OCH3 is 3. The molecule has 0 radical (unpaired) electrons. The number of carbonyl (C=O) groups excluding carboxylic acids is 1. The highest BCUT2D eigenvalue weighted by Gasteiger charge is 2.16. The fraction of sp³-hybridized carbons (Fsp3) is 0.333. The zero-order valence-corrected chi connectivity index (χ0v) is 13.5. The predicted molar refractivity (Wildman–Crippen MR) is 84.2 cm³/mol. The average Bonchev–Trinajstić information content (AvgIpc) is 3.06. The number of nitrogens with one attached hydrogen (secondary N) is 1. The van der Waals surface area contributed by atoms with Gasteiger partial charge in [0.15, 0.2) is 11.5 Å². The first-order valence-corrected chi connectivity index (χ1v) is 7.54. The van der Waals surface area contributed by atoms with Gasteiger partial charge in [-0.2, -0.15) is 0 Å². The Labute approximate surface area is 133 Å². The Balaban J connectivity index is 2.08. The number of ether oxygens (including phenoxy) is 3. The number of aromatic nitrogens is 1. The van der Waals surface area contributed by atoms with Gasteiger partial charge in [0.1, 0.15) is 0 Å². The van der Waals surface area contributed by atoms with Crippen molar-refractivity contribution in [2.75, 3.05) is 27.9 Å². The zero-order chi connectivity index (χ0) is 15.9. The fourth-order valence-electron chi connectivity index (χ4n) is 1.97. The Morgan fingerprint density at radius 2 is 1.86 bits per heavy atom. The maximum atomic E-state index is 12.2. The molecule has 2 aromatic rings. The second-order valence-corrected chi connectivity index (χ2v) is 5.32. The molecule has 0 aliphatic carbocycles. The van der Waals surface area contributed by atoms with E-state index in [1.54, 1.807) is 29.7 Å². The molecule has 1 heterocycles. The number of hydrogen-bond acceptors (Lipinski definition) is 6. The third-order valence-electron chi connectivity index (χ3n) is 3.03. The molecule has 0 spiro atoms. The molecular weight excluding hydrogens is 304 g/mol. The van der Waals surface area contributed by atoms with Crippen molar-refractivity contribution in [3.05, 3.63) is 34.3 Å². The molecule has 0 unspecified atom stereocenters. The molecule has 2 rings (SSSR count). The van der Waals surface area contributed by atoms with E-state index in [4.69, 9.17) is 14.2 Å². The molecule has 1 N–H and O–H groups in total. The molecule has 0 aliphatic heterocycles. The summed E-state index contributed by atoms with van der Waals surface area (Å²) in [6, 6.07) is 3.25. The molecule has 0 fully saturated rings. The summed E-state index contributed by atoms with van der Waals surface area (Å²) in [4.78, 5) is 16.4. The quantitative estimate of drug-likeness (QED) is 0.846. The topological polar surface area (TPSA) is 69.7 Å². The van der Waals surface area contributed by atoms with Gasteiger partial charge in [-0.25, -0.2) is 4.98 Å². The van der Waals surface area contributed by atoms with Gasteiger partial charge >= 0.3 is 0 Å². The van der Waals surface area contributed by atoms with Crippen LogP contribution in [0, 0.1) is 0 Å². The van der Waals surface area contributed by atoms with E-state index < -0.39 is 0 Å². The van der Waals surface area contributed by atoms with Gasteiger partial charge in [-0.1, -0.05) is 0 Å². The lowest BCUT2D eigenvalue weighted by atomic mass is 10.1. The monoisotopic (exact) mass is 322 g/mol. The van der Waals surface area contributed by atoms with Gasteiger partial charge in [0.05, 0.1) is 26.3 Å². The van der Waals surface area contributed by atoms with E-state index in [1.165, 1.54) is 21.3 Å². The van der Waals surface area contributed by atoms with Crippen LogP contribution in [0.25, 0.3) is 0 Å². The number of amides is 1. The number of benzene rings is 1. The van der Waals surface area contributed by atoms with Crippen LogP contribution in [0.2, 0.25) is 0 Å². The van der Waals surface area contributed by atoms with E-state index >= 15 is 0 Å². The Morgan fingerprint density at radius 1 is 1.18 bits per heavy atom. The van der Waals surface area contributed by atoms with Crippen LogP contribution in [0.15, 0.2) is 23.7 Å². The number of thiazole rings is 1. The molecule has 22 heavy (non-hydrogen) atoms. The van der Waals surface area contributed by atoms with Crippen molar-refractivity contribution >= 4 is 17.2 Å². The summed E-state index contributed by atoms with van der Waals surface area (Å²) in [7, 11) is 4.55. The molecular formula is C15H18N2O4S. The SMILES string of the molecule is COc1cc(C(=O)NCCc2nccs2)cc(OC)c1OC. The maximum Gasteiger partial charge on any atom is 0.251 e. The van der Waals surface area contributed by atoms with E-state index in [9.17, 15) is 4.79 Å². The van der Waals surface area contributed by atoms with Gasteiger partial charge in [0.25, 0.3) is 5.91 Å². The lowest BCUT2D eigenvalue weighted by molar-refractivity contribution is 0.0953. The summed E-state index contributed by atoms with van der Waals surface area (Å²) in [6.07, 6.45) is 2.45. The molecule has 1 amide bonds. The zero-order valence-electron chi connectivity index (χ0n) is 12.7. The molecule has 7 heteroatoms. The van der Waals surface area contributed by atoms with Crippen LogP contribution in [0.5, 0.6) is 17.2 Å². The summed E-state index contributed by atoms with van der Waals surface area (Å²) in [5.74, 6) is 1.17. The van der Waals surface area contributed by atoms with E-state index in [-0.39, 0.29) is 5.91 Å². The van der Waals surface area contributed by atoms with E-state index in [0.29, 0.717) is 35.8 Å². The van der Waals surface area contributed by atoms with Gasteiger partial charge in [0, 0.05) is 30.1 Å².